The molecule has 0 saturated carbocycles. The first kappa shape index (κ1) is 70.2. The smallest absolute Gasteiger partial charge is 1.00 e. The normalized spacial score (nSPS) is 12.1. The van der Waals surface area contributed by atoms with Gasteiger partial charge in [0.1, 0.15) is 0 Å². The van der Waals surface area contributed by atoms with Crippen molar-refractivity contribution in [3.05, 3.63) is 226 Å². The van der Waals surface area contributed by atoms with Crippen molar-refractivity contribution in [3.63, 3.8) is 0 Å². The average molecular weight is 1340 g/mol. The minimum absolute atomic E-state index is 0. The Morgan fingerprint density at radius 2 is 0.722 bits per heavy atom. The Balaban J connectivity index is 0.000000306. The van der Waals surface area contributed by atoms with Crippen LogP contribution in [-0.2, 0) is 9.47 Å². The minimum atomic E-state index is -0.642. The molecule has 9 aromatic rings. The fourth-order valence-electron chi connectivity index (χ4n) is 10.8. The van der Waals surface area contributed by atoms with Crippen molar-refractivity contribution in [2.45, 2.75) is 116 Å². The maximum atomic E-state index is 4.94. The van der Waals surface area contributed by atoms with Gasteiger partial charge in [-0.3, -0.25) is 0 Å². The van der Waals surface area contributed by atoms with Gasteiger partial charge in [0, 0.05) is 51.2 Å². The summed E-state index contributed by atoms with van der Waals surface area (Å²) in [4.78, 5) is 0. The number of nitrogens with zero attached hydrogens (tertiary/aromatic N) is 8. The number of aryl methyl sites for hydroxylation is 13. The van der Waals surface area contributed by atoms with E-state index in [-0.39, 0.29) is 123 Å². The van der Waals surface area contributed by atoms with Crippen molar-refractivity contribution in [2.75, 3.05) is 26.4 Å². The maximum Gasteiger partial charge on any atom is 2.00 e. The first-order valence-electron chi connectivity index (χ1n) is 27.1. The van der Waals surface area contributed by atoms with E-state index >= 15 is 0 Å². The molecular formula is C63H80B2Ca2I2N8O2. The van der Waals surface area contributed by atoms with Gasteiger partial charge in [-0.1, -0.05) is 107 Å². The second-order valence-electron chi connectivity index (χ2n) is 21.2. The minimum Gasteiger partial charge on any atom is -1.00 e. The van der Waals surface area contributed by atoms with Gasteiger partial charge in [0.25, 0.3) is 0 Å². The molecule has 0 unspecified atom stereocenters. The van der Waals surface area contributed by atoms with Crippen molar-refractivity contribution in [1.29, 1.82) is 0 Å². The van der Waals surface area contributed by atoms with Crippen LogP contribution in [0.4, 0.5) is 0 Å². The molecule has 79 heavy (non-hydrogen) atoms. The summed E-state index contributed by atoms with van der Waals surface area (Å²) in [5.41, 5.74) is 21.6. The quantitative estimate of drug-likeness (QED) is 0.102. The Hall–Kier alpha value is -3.03. The summed E-state index contributed by atoms with van der Waals surface area (Å²) in [5, 5.41) is 0. The maximum absolute atomic E-state index is 4.94. The van der Waals surface area contributed by atoms with Crippen LogP contribution in [0.15, 0.2) is 128 Å². The van der Waals surface area contributed by atoms with Gasteiger partial charge in [0.05, 0.1) is 22.7 Å². The average Bonchev–Trinajstić information content (AvgIpc) is 4.25. The van der Waals surface area contributed by atoms with Gasteiger partial charge in [-0.15, -0.1) is 0 Å². The Kier molecular flexibility index (Phi) is 30.7. The van der Waals surface area contributed by atoms with E-state index in [0.29, 0.717) is 0 Å². The van der Waals surface area contributed by atoms with Gasteiger partial charge in [-0.05, 0) is 185 Å². The van der Waals surface area contributed by atoms with E-state index in [1.807, 2.05) is 18.2 Å². The van der Waals surface area contributed by atoms with Crippen LogP contribution in [0.1, 0.15) is 98.0 Å². The monoisotopic (exact) mass is 1340 g/mol. The van der Waals surface area contributed by atoms with E-state index in [4.69, 9.17) is 9.47 Å². The van der Waals surface area contributed by atoms with Crippen molar-refractivity contribution < 1.29 is 75.4 Å². The molecule has 0 atom stereocenters. The molecule has 11 rings (SSSR count). The number of aromatic nitrogens is 8. The summed E-state index contributed by atoms with van der Waals surface area (Å²) in [6.45, 7) is 32.0. The van der Waals surface area contributed by atoms with Gasteiger partial charge in [0.2, 0.25) is 0 Å². The number of halogens is 2. The van der Waals surface area contributed by atoms with Crippen LogP contribution in [0.3, 0.4) is 0 Å². The molecule has 0 bridgehead atoms. The molecule has 0 radical (unpaired) electrons. The molecule has 6 heterocycles. The van der Waals surface area contributed by atoms with Crippen LogP contribution in [-0.4, -0.2) is 135 Å². The van der Waals surface area contributed by atoms with E-state index in [0.717, 1.165) is 26.4 Å². The zero-order valence-corrected chi connectivity index (χ0v) is 58.6. The Morgan fingerprint density at radius 3 is 1.04 bits per heavy atom. The van der Waals surface area contributed by atoms with E-state index in [9.17, 15) is 0 Å². The molecule has 0 spiro atoms. The summed E-state index contributed by atoms with van der Waals surface area (Å²) in [6, 6.07) is 28.1. The van der Waals surface area contributed by atoms with E-state index in [2.05, 4.69) is 262 Å². The van der Waals surface area contributed by atoms with Crippen LogP contribution in [0, 0.1) is 115 Å². The number of ether oxygens (including phenoxy) is 2. The largest absolute Gasteiger partial charge is 2.00 e. The molecule has 16 heteroatoms. The summed E-state index contributed by atoms with van der Waals surface area (Å²) in [7, 11) is -1.28. The zero-order chi connectivity index (χ0) is 53.6. The SMILES string of the molecule is C1CCOC1.C1CCOC1.Cc1cc(C)c(-n2[c-][n+]([BH2-][n+]3[c-]n(-c4c(C)cc(C)cc4C)cc3)cc2)c(C)c1.Cc1cc(C)c(-n2[c-][n+]([BH2-]n3[c-][n+](-c4c(C)cc(C)cc4C)cc3)cc2)c(C)c1.Cc1ccccc1.[Ca+2].[Ca+2].[I-].[I-]. The molecule has 2 aliphatic rings. The number of imidazole rings is 4. The second-order valence-corrected chi connectivity index (χ2v) is 21.2. The Labute approximate surface area is 568 Å². The van der Waals surface area contributed by atoms with Crippen LogP contribution in [0.2, 0.25) is 0 Å². The molecule has 0 N–H and O–H groups in total. The third-order valence-corrected chi connectivity index (χ3v) is 13.8. The standard InChI is InChI=1S/2C24H28BN4.C7H8.2C4H8O.2Ca.2HI/c2*1-17-11-19(3)23(20(4)12-17)26-7-9-28(15-26)25-29-10-8-27(16-29)24-21(5)13-18(2)14-22(24)6;1-7-5-3-2-4-6-7;2*1-2-4-5-3-1;;;;/h2*7-14H,25H2,1-6H3;2-6H,1H3;2*1-4H2;;;2*1H/q2*-1;;;;2*+2;;/p-2. The predicted octanol–water partition coefficient (Wildman–Crippen LogP) is 2.21. The molecule has 2 saturated heterocycles. The number of hydrogen-bond acceptors (Lipinski definition) is 2. The zero-order valence-electron chi connectivity index (χ0n) is 49.8. The first-order valence-corrected chi connectivity index (χ1v) is 27.1. The molecule has 408 valence electrons. The summed E-state index contributed by atoms with van der Waals surface area (Å²) >= 11 is 0. The van der Waals surface area contributed by atoms with E-state index in [1.54, 1.807) is 0 Å². The summed E-state index contributed by atoms with van der Waals surface area (Å²) < 4.78 is 27.0. The third-order valence-electron chi connectivity index (χ3n) is 13.8. The van der Waals surface area contributed by atoms with Gasteiger partial charge in [-0.2, -0.15) is 0 Å². The Morgan fingerprint density at radius 1 is 0.392 bits per heavy atom. The van der Waals surface area contributed by atoms with E-state index in [1.165, 1.54) is 121 Å². The van der Waals surface area contributed by atoms with Crippen molar-refractivity contribution in [2.24, 2.45) is 0 Å². The molecule has 2 fully saturated rings. The fourth-order valence-corrected chi connectivity index (χ4v) is 10.8. The molecule has 2 aliphatic heterocycles. The summed E-state index contributed by atoms with van der Waals surface area (Å²) in [5.74, 6) is 0. The Bertz CT molecular complexity index is 2810. The second kappa shape index (κ2) is 34.5. The van der Waals surface area contributed by atoms with Gasteiger partial charge in [0.15, 0.2) is 25.3 Å². The number of hydrogen-bond donors (Lipinski definition) is 0. The third kappa shape index (κ3) is 20.7. The topological polar surface area (TPSA) is 53.7 Å². The van der Waals surface area contributed by atoms with Crippen molar-refractivity contribution >= 4 is 90.6 Å². The molecular weight excluding hydrogens is 1260 g/mol. The van der Waals surface area contributed by atoms with Gasteiger partial charge < -0.3 is 93.6 Å². The van der Waals surface area contributed by atoms with Crippen LogP contribution in [0.5, 0.6) is 0 Å². The molecule has 5 aromatic carbocycles. The number of rotatable bonds is 8. The first-order chi connectivity index (χ1) is 36.0. The van der Waals surface area contributed by atoms with Crippen molar-refractivity contribution in [1.82, 2.24) is 18.2 Å². The summed E-state index contributed by atoms with van der Waals surface area (Å²) in [6.07, 6.45) is 35.9. The van der Waals surface area contributed by atoms with Gasteiger partial charge >= 0.3 is 90.6 Å². The molecule has 0 aliphatic carbocycles. The molecule has 4 aromatic heterocycles. The van der Waals surface area contributed by atoms with Crippen LogP contribution >= 0.6 is 0 Å². The van der Waals surface area contributed by atoms with Gasteiger partial charge in [-0.25, -0.2) is 0 Å². The van der Waals surface area contributed by atoms with E-state index < -0.39 is 15.1 Å². The van der Waals surface area contributed by atoms with Crippen LogP contribution in [0.25, 0.3) is 22.7 Å². The molecule has 10 nitrogen and oxygen atoms in total. The predicted molar refractivity (Wildman–Crippen MR) is 318 cm³/mol. The fraction of sp³-hybridized carbons (Fsp3) is 0.333. The molecule has 0 amide bonds. The van der Waals surface area contributed by atoms with Crippen LogP contribution < -0.4 is 66.0 Å². The number of benzene rings is 5. The van der Waals surface area contributed by atoms with Crippen molar-refractivity contribution in [3.8, 4) is 22.7 Å².